The van der Waals surface area contributed by atoms with E-state index < -0.39 is 5.97 Å². The van der Waals surface area contributed by atoms with Crippen LogP contribution in [0.5, 0.6) is 0 Å². The van der Waals surface area contributed by atoms with Gasteiger partial charge in [-0.25, -0.2) is 9.78 Å². The monoisotopic (exact) mass is 249 g/mol. The Hall–Kier alpha value is -2.14. The molecule has 0 saturated heterocycles. The Labute approximate surface area is 102 Å². The Kier molecular flexibility index (Phi) is 2.93. The molecule has 0 saturated carbocycles. The molecule has 0 amide bonds. The van der Waals surface area contributed by atoms with E-state index in [1.807, 2.05) is 0 Å². The Bertz CT molecular complexity index is 572. The fourth-order valence-electron chi connectivity index (χ4n) is 1.36. The number of nitrogens with two attached hydrogens (primary N) is 1. The molecule has 0 atom stereocenters. The number of hydrogen-bond acceptors (Lipinski definition) is 4. The Morgan fingerprint density at radius 3 is 2.59 bits per heavy atom. The lowest BCUT2D eigenvalue weighted by Gasteiger charge is -2.06. The molecule has 2 aromatic rings. The first-order valence-corrected chi connectivity index (χ1v) is 5.07. The van der Waals surface area contributed by atoms with E-state index in [9.17, 15) is 4.79 Å². The highest BCUT2D eigenvalue weighted by molar-refractivity contribution is 6.35. The first-order valence-electron chi connectivity index (χ1n) is 4.69. The van der Waals surface area contributed by atoms with E-state index in [4.69, 9.17) is 22.4 Å². The third-order valence-corrected chi connectivity index (χ3v) is 2.56. The number of hydrogen-bond donors (Lipinski definition) is 2. The van der Waals surface area contributed by atoms with Gasteiger partial charge in [0.2, 0.25) is 0 Å². The van der Waals surface area contributed by atoms with Crippen LogP contribution in [0.25, 0.3) is 11.3 Å². The molecule has 5 nitrogen and oxygen atoms in total. The van der Waals surface area contributed by atoms with Gasteiger partial charge < -0.3 is 10.8 Å². The lowest BCUT2D eigenvalue weighted by molar-refractivity contribution is 0.0691. The van der Waals surface area contributed by atoms with Crippen molar-refractivity contribution in [1.82, 2.24) is 9.97 Å². The van der Waals surface area contributed by atoms with Crippen LogP contribution in [-0.4, -0.2) is 21.0 Å². The van der Waals surface area contributed by atoms with Gasteiger partial charge in [-0.1, -0.05) is 11.6 Å². The summed E-state index contributed by atoms with van der Waals surface area (Å²) in [6.07, 6.45) is 3.17. The van der Waals surface area contributed by atoms with Crippen LogP contribution < -0.4 is 5.73 Å². The molecule has 3 N–H and O–H groups in total. The van der Waals surface area contributed by atoms with Crippen molar-refractivity contribution in [3.63, 3.8) is 0 Å². The largest absolute Gasteiger partial charge is 0.476 e. The van der Waals surface area contributed by atoms with Crippen molar-refractivity contribution >= 4 is 23.3 Å². The molecule has 6 heteroatoms. The van der Waals surface area contributed by atoms with E-state index in [2.05, 4.69) is 9.97 Å². The van der Waals surface area contributed by atoms with Crippen molar-refractivity contribution in [1.29, 1.82) is 0 Å². The van der Waals surface area contributed by atoms with Gasteiger partial charge in [-0.2, -0.15) is 0 Å². The van der Waals surface area contributed by atoms with E-state index in [0.717, 1.165) is 5.56 Å². The van der Waals surface area contributed by atoms with E-state index >= 15 is 0 Å². The van der Waals surface area contributed by atoms with E-state index in [1.54, 1.807) is 24.5 Å². The van der Waals surface area contributed by atoms with Crippen LogP contribution in [0.3, 0.4) is 0 Å². The lowest BCUT2D eigenvalue weighted by atomic mass is 10.1. The minimum atomic E-state index is -1.21. The van der Waals surface area contributed by atoms with Crippen LogP contribution >= 0.6 is 11.6 Å². The van der Waals surface area contributed by atoms with E-state index in [-0.39, 0.29) is 16.4 Å². The summed E-state index contributed by atoms with van der Waals surface area (Å²) in [4.78, 5) is 18.8. The third kappa shape index (κ3) is 2.19. The summed E-state index contributed by atoms with van der Waals surface area (Å²) < 4.78 is 0. The zero-order chi connectivity index (χ0) is 12.4. The number of carboxylic acid groups (broad SMARTS) is 1. The molecule has 0 aromatic carbocycles. The normalized spacial score (nSPS) is 10.2. The summed E-state index contributed by atoms with van der Waals surface area (Å²) >= 11 is 5.77. The number of pyridine rings is 2. The zero-order valence-electron chi connectivity index (χ0n) is 8.59. The number of nitrogen functional groups attached to an aromatic ring is 1. The molecule has 0 radical (unpaired) electrons. The number of halogens is 1. The summed E-state index contributed by atoms with van der Waals surface area (Å²) in [6, 6.07) is 4.95. The predicted octanol–water partition coefficient (Wildman–Crippen LogP) is 2.08. The predicted molar refractivity (Wildman–Crippen MR) is 63.8 cm³/mol. The highest BCUT2D eigenvalue weighted by Crippen LogP contribution is 2.27. The number of carboxylic acids is 1. The topological polar surface area (TPSA) is 89.1 Å². The highest BCUT2D eigenvalue weighted by atomic mass is 35.5. The van der Waals surface area contributed by atoms with Gasteiger partial charge in [-0.3, -0.25) is 4.98 Å². The standard InChI is InChI=1S/C11H8ClN3O2/c12-9-7(13)5-8(15-10(9)11(16)17)6-1-3-14-4-2-6/h1-5H,(H2,13,15)(H,16,17). The van der Waals surface area contributed by atoms with Gasteiger partial charge >= 0.3 is 5.97 Å². The maximum Gasteiger partial charge on any atom is 0.356 e. The van der Waals surface area contributed by atoms with Crippen molar-refractivity contribution < 1.29 is 9.90 Å². The second-order valence-corrected chi connectivity index (χ2v) is 3.68. The number of aromatic nitrogens is 2. The number of carbonyl (C=O) groups is 1. The van der Waals surface area contributed by atoms with Gasteiger partial charge in [0.1, 0.15) is 0 Å². The van der Waals surface area contributed by atoms with Crippen LogP contribution in [-0.2, 0) is 0 Å². The van der Waals surface area contributed by atoms with Crippen LogP contribution in [0.2, 0.25) is 5.02 Å². The SMILES string of the molecule is Nc1cc(-c2ccncc2)nc(C(=O)O)c1Cl. The maximum absolute atomic E-state index is 10.9. The number of nitrogens with zero attached hydrogens (tertiary/aromatic N) is 2. The van der Waals surface area contributed by atoms with Gasteiger partial charge in [-0.15, -0.1) is 0 Å². The van der Waals surface area contributed by atoms with Crippen molar-refractivity contribution in [3.8, 4) is 11.3 Å². The minimum Gasteiger partial charge on any atom is -0.476 e. The Morgan fingerprint density at radius 2 is 2.00 bits per heavy atom. The molecule has 2 heterocycles. The molecular weight excluding hydrogens is 242 g/mol. The van der Waals surface area contributed by atoms with Crippen molar-refractivity contribution in [2.45, 2.75) is 0 Å². The zero-order valence-corrected chi connectivity index (χ0v) is 9.35. The second-order valence-electron chi connectivity index (χ2n) is 3.30. The van der Waals surface area contributed by atoms with Gasteiger partial charge in [0.05, 0.1) is 16.4 Å². The quantitative estimate of drug-likeness (QED) is 0.851. The average molecular weight is 250 g/mol. The third-order valence-electron chi connectivity index (χ3n) is 2.16. The van der Waals surface area contributed by atoms with Gasteiger partial charge in [0.15, 0.2) is 5.69 Å². The average Bonchev–Trinajstić information content (AvgIpc) is 2.33. The fraction of sp³-hybridized carbons (Fsp3) is 0. The van der Waals surface area contributed by atoms with Crippen LogP contribution in [0.1, 0.15) is 10.5 Å². The molecular formula is C11H8ClN3O2. The summed E-state index contributed by atoms with van der Waals surface area (Å²) in [6.45, 7) is 0. The maximum atomic E-state index is 10.9. The molecule has 0 aliphatic carbocycles. The summed E-state index contributed by atoms with van der Waals surface area (Å²) in [5.41, 5.74) is 6.76. The van der Waals surface area contributed by atoms with Crippen LogP contribution in [0.4, 0.5) is 5.69 Å². The van der Waals surface area contributed by atoms with Gasteiger partial charge in [0, 0.05) is 18.0 Å². The molecule has 2 rings (SSSR count). The van der Waals surface area contributed by atoms with Crippen molar-refractivity contribution in [3.05, 3.63) is 41.3 Å². The second kappa shape index (κ2) is 4.39. The Balaban J connectivity index is 2.61. The molecule has 17 heavy (non-hydrogen) atoms. The molecule has 0 aliphatic heterocycles. The first-order chi connectivity index (χ1) is 8.09. The van der Waals surface area contributed by atoms with E-state index in [1.165, 1.54) is 6.07 Å². The van der Waals surface area contributed by atoms with Gasteiger partial charge in [-0.05, 0) is 18.2 Å². The molecule has 0 spiro atoms. The van der Waals surface area contributed by atoms with Crippen LogP contribution in [0, 0.1) is 0 Å². The summed E-state index contributed by atoms with van der Waals surface area (Å²) in [7, 11) is 0. The number of anilines is 1. The molecule has 0 bridgehead atoms. The van der Waals surface area contributed by atoms with E-state index in [0.29, 0.717) is 5.69 Å². The van der Waals surface area contributed by atoms with Gasteiger partial charge in [0.25, 0.3) is 0 Å². The fourth-order valence-corrected chi connectivity index (χ4v) is 1.54. The molecule has 0 aliphatic rings. The molecule has 0 unspecified atom stereocenters. The first kappa shape index (κ1) is 11.3. The Morgan fingerprint density at radius 1 is 1.35 bits per heavy atom. The highest BCUT2D eigenvalue weighted by Gasteiger charge is 2.15. The summed E-state index contributed by atoms with van der Waals surface area (Å²) in [5, 5.41) is 8.90. The molecule has 2 aromatic heterocycles. The molecule has 0 fully saturated rings. The smallest absolute Gasteiger partial charge is 0.356 e. The van der Waals surface area contributed by atoms with Crippen molar-refractivity contribution in [2.75, 3.05) is 5.73 Å². The lowest BCUT2D eigenvalue weighted by Crippen LogP contribution is -2.05. The van der Waals surface area contributed by atoms with Crippen LogP contribution in [0.15, 0.2) is 30.6 Å². The minimum absolute atomic E-state index is 0.0460. The molecule has 86 valence electrons. The van der Waals surface area contributed by atoms with Crippen molar-refractivity contribution in [2.24, 2.45) is 0 Å². The summed E-state index contributed by atoms with van der Waals surface area (Å²) in [5.74, 6) is -1.21. The number of rotatable bonds is 2. The number of aromatic carboxylic acids is 1.